The van der Waals surface area contributed by atoms with E-state index < -0.39 is 0 Å². The predicted octanol–water partition coefficient (Wildman–Crippen LogP) is 7.48. The molecule has 5 rings (SSSR count). The Balaban J connectivity index is 1.56. The van der Waals surface area contributed by atoms with Crippen molar-refractivity contribution in [1.82, 2.24) is 20.2 Å². The molecule has 206 valence electrons. The first-order chi connectivity index (χ1) is 19.0. The van der Waals surface area contributed by atoms with Crippen molar-refractivity contribution in [2.24, 2.45) is 0 Å². The molecule has 2 heterocycles. The number of ether oxygens (including phenoxy) is 1. The number of fused-ring (bicyclic) bond motifs is 1. The van der Waals surface area contributed by atoms with Gasteiger partial charge in [-0.15, -0.1) is 11.3 Å². The SMILES string of the molecule is CCOc1ccc(-c2cnc(N)nc2)cc1CN(C1CCC(NC)CC1)C(CC)c1sc2ccccc2c1Cl. The number of hydrogen-bond donors (Lipinski definition) is 2. The van der Waals surface area contributed by atoms with Crippen molar-refractivity contribution in [1.29, 1.82) is 0 Å². The Morgan fingerprint density at radius 2 is 1.82 bits per heavy atom. The molecule has 1 saturated carbocycles. The summed E-state index contributed by atoms with van der Waals surface area (Å²) in [6, 6.07) is 16.1. The summed E-state index contributed by atoms with van der Waals surface area (Å²) in [6.07, 6.45) is 9.20. The van der Waals surface area contributed by atoms with Gasteiger partial charge in [-0.25, -0.2) is 9.97 Å². The summed E-state index contributed by atoms with van der Waals surface area (Å²) in [5.74, 6) is 1.20. The number of anilines is 1. The molecule has 0 bridgehead atoms. The summed E-state index contributed by atoms with van der Waals surface area (Å²) < 4.78 is 7.39. The van der Waals surface area contributed by atoms with Crippen molar-refractivity contribution < 1.29 is 4.74 Å². The summed E-state index contributed by atoms with van der Waals surface area (Å²) in [5.41, 5.74) is 8.91. The molecule has 0 radical (unpaired) electrons. The van der Waals surface area contributed by atoms with E-state index in [1.54, 1.807) is 12.4 Å². The van der Waals surface area contributed by atoms with Crippen LogP contribution < -0.4 is 15.8 Å². The number of nitrogen functional groups attached to an aromatic ring is 1. The lowest BCUT2D eigenvalue weighted by Gasteiger charge is -2.41. The van der Waals surface area contributed by atoms with Gasteiger partial charge in [-0.1, -0.05) is 42.8 Å². The minimum atomic E-state index is 0.212. The van der Waals surface area contributed by atoms with Crippen LogP contribution in [0.1, 0.15) is 62.4 Å². The number of nitrogens with zero attached hydrogens (tertiary/aromatic N) is 3. The van der Waals surface area contributed by atoms with E-state index in [0.717, 1.165) is 58.7 Å². The Morgan fingerprint density at radius 1 is 1.08 bits per heavy atom. The van der Waals surface area contributed by atoms with Crippen LogP contribution in [0.3, 0.4) is 0 Å². The van der Waals surface area contributed by atoms with Crippen LogP contribution in [0, 0.1) is 0 Å². The van der Waals surface area contributed by atoms with Gasteiger partial charge in [0.1, 0.15) is 5.75 Å². The van der Waals surface area contributed by atoms with Crippen molar-refractivity contribution in [3.63, 3.8) is 0 Å². The van der Waals surface area contributed by atoms with Gasteiger partial charge >= 0.3 is 0 Å². The number of rotatable bonds is 10. The Bertz CT molecular complexity index is 1380. The Morgan fingerprint density at radius 3 is 2.49 bits per heavy atom. The third-order valence-electron chi connectivity index (χ3n) is 7.94. The van der Waals surface area contributed by atoms with Gasteiger partial charge in [0.25, 0.3) is 0 Å². The van der Waals surface area contributed by atoms with E-state index in [1.165, 1.54) is 22.4 Å². The fraction of sp³-hybridized carbons (Fsp3) is 0.419. The number of thiophene rings is 1. The lowest BCUT2D eigenvalue weighted by molar-refractivity contribution is 0.0859. The zero-order valence-electron chi connectivity index (χ0n) is 23.0. The van der Waals surface area contributed by atoms with Crippen LogP contribution in [0.2, 0.25) is 5.02 Å². The molecule has 1 aliphatic rings. The monoisotopic (exact) mass is 563 g/mol. The molecule has 1 aliphatic carbocycles. The van der Waals surface area contributed by atoms with Gasteiger partial charge in [-0.2, -0.15) is 0 Å². The first kappa shape index (κ1) is 27.8. The number of hydrogen-bond acceptors (Lipinski definition) is 7. The molecule has 0 aliphatic heterocycles. The molecule has 0 saturated heterocycles. The maximum absolute atomic E-state index is 7.09. The molecule has 0 spiro atoms. The molecule has 1 fully saturated rings. The van der Waals surface area contributed by atoms with Crippen LogP contribution in [0.4, 0.5) is 5.95 Å². The Labute approximate surface area is 240 Å². The third-order valence-corrected chi connectivity index (χ3v) is 9.73. The van der Waals surface area contributed by atoms with Crippen molar-refractivity contribution in [3.8, 4) is 16.9 Å². The molecule has 4 aromatic rings. The molecular weight excluding hydrogens is 526 g/mol. The van der Waals surface area contributed by atoms with E-state index in [-0.39, 0.29) is 12.0 Å². The van der Waals surface area contributed by atoms with E-state index >= 15 is 0 Å². The first-order valence-electron chi connectivity index (χ1n) is 14.0. The van der Waals surface area contributed by atoms with Crippen molar-refractivity contribution >= 4 is 39.0 Å². The van der Waals surface area contributed by atoms with Gasteiger partial charge < -0.3 is 15.8 Å². The second-order valence-electron chi connectivity index (χ2n) is 10.3. The molecule has 1 atom stereocenters. The minimum absolute atomic E-state index is 0.212. The molecular formula is C31H38ClN5OS. The maximum Gasteiger partial charge on any atom is 0.219 e. The quantitative estimate of drug-likeness (QED) is 0.208. The van der Waals surface area contributed by atoms with Crippen LogP contribution in [0.15, 0.2) is 54.9 Å². The van der Waals surface area contributed by atoms with Crippen molar-refractivity contribution in [3.05, 3.63) is 70.3 Å². The minimum Gasteiger partial charge on any atom is -0.494 e. The maximum atomic E-state index is 7.09. The topological polar surface area (TPSA) is 76.3 Å². The summed E-state index contributed by atoms with van der Waals surface area (Å²) in [4.78, 5) is 12.4. The lowest BCUT2D eigenvalue weighted by Crippen LogP contribution is -2.43. The van der Waals surface area contributed by atoms with E-state index in [4.69, 9.17) is 22.1 Å². The van der Waals surface area contributed by atoms with E-state index in [1.807, 2.05) is 18.3 Å². The fourth-order valence-electron chi connectivity index (χ4n) is 5.87. The van der Waals surface area contributed by atoms with Gasteiger partial charge in [0, 0.05) is 63.2 Å². The normalized spacial score (nSPS) is 18.5. The molecule has 6 nitrogen and oxygen atoms in total. The van der Waals surface area contributed by atoms with Crippen LogP contribution >= 0.6 is 22.9 Å². The van der Waals surface area contributed by atoms with Crippen LogP contribution in [-0.4, -0.2) is 40.6 Å². The highest BCUT2D eigenvalue weighted by atomic mass is 35.5. The highest BCUT2D eigenvalue weighted by Gasteiger charge is 2.33. The second kappa shape index (κ2) is 12.6. The largest absolute Gasteiger partial charge is 0.494 e. The third kappa shape index (κ3) is 6.07. The van der Waals surface area contributed by atoms with E-state index in [9.17, 15) is 0 Å². The van der Waals surface area contributed by atoms with Crippen molar-refractivity contribution in [2.45, 2.75) is 70.6 Å². The highest BCUT2D eigenvalue weighted by molar-refractivity contribution is 7.19. The second-order valence-corrected chi connectivity index (χ2v) is 11.7. The molecule has 3 N–H and O–H groups in total. The van der Waals surface area contributed by atoms with Crippen LogP contribution in [0.25, 0.3) is 21.2 Å². The molecule has 39 heavy (non-hydrogen) atoms. The zero-order valence-corrected chi connectivity index (χ0v) is 24.6. The number of nitrogens with two attached hydrogens (primary N) is 1. The Kier molecular flexibility index (Phi) is 9.03. The van der Waals surface area contributed by atoms with Gasteiger partial charge in [0.05, 0.1) is 11.6 Å². The zero-order chi connectivity index (χ0) is 27.4. The number of nitrogens with one attached hydrogen (secondary N) is 1. The molecule has 2 aromatic carbocycles. The average Bonchev–Trinajstić information content (AvgIpc) is 3.30. The summed E-state index contributed by atoms with van der Waals surface area (Å²) in [7, 11) is 2.08. The van der Waals surface area contributed by atoms with Crippen LogP contribution in [-0.2, 0) is 6.54 Å². The van der Waals surface area contributed by atoms with E-state index in [0.29, 0.717) is 18.7 Å². The van der Waals surface area contributed by atoms with E-state index in [2.05, 4.69) is 76.6 Å². The number of halogens is 1. The number of benzene rings is 2. The predicted molar refractivity (Wildman–Crippen MR) is 164 cm³/mol. The molecule has 0 amide bonds. The first-order valence-corrected chi connectivity index (χ1v) is 15.1. The van der Waals surface area contributed by atoms with Gasteiger partial charge in [-0.05, 0) is 69.8 Å². The van der Waals surface area contributed by atoms with Crippen molar-refractivity contribution in [2.75, 3.05) is 19.4 Å². The lowest BCUT2D eigenvalue weighted by atomic mass is 9.88. The van der Waals surface area contributed by atoms with Gasteiger partial charge in [0.15, 0.2) is 0 Å². The van der Waals surface area contributed by atoms with Crippen LogP contribution in [0.5, 0.6) is 5.75 Å². The Hall–Kier alpha value is -2.71. The van der Waals surface area contributed by atoms with Gasteiger partial charge in [-0.3, -0.25) is 4.90 Å². The molecule has 1 unspecified atom stereocenters. The van der Waals surface area contributed by atoms with Gasteiger partial charge in [0.2, 0.25) is 5.95 Å². The smallest absolute Gasteiger partial charge is 0.219 e. The standard InChI is InChI=1S/C31H38ClN5OS/c1-4-26(30-29(32)25-8-6-7-9-28(25)39-30)37(24-13-11-23(34-3)12-14-24)19-21-16-20(10-15-27(21)38-5-2)22-17-35-31(33)36-18-22/h6-10,15-18,23-24,26,34H,4-5,11-14,19H2,1-3H3,(H2,33,35,36). The summed E-state index contributed by atoms with van der Waals surface area (Å²) >= 11 is 8.92. The summed E-state index contributed by atoms with van der Waals surface area (Å²) in [6.45, 7) is 5.71. The average molecular weight is 564 g/mol. The fourth-order valence-corrected chi connectivity index (χ4v) is 7.63. The highest BCUT2D eigenvalue weighted by Crippen LogP contribution is 2.45. The number of aromatic nitrogens is 2. The summed E-state index contributed by atoms with van der Waals surface area (Å²) in [5, 5.41) is 5.54. The molecule has 2 aromatic heterocycles. The molecule has 8 heteroatoms.